The number of carbonyl (C=O) groups is 1. The molecular weight excluding hydrogens is 140 g/mol. The summed E-state index contributed by atoms with van der Waals surface area (Å²) in [6.45, 7) is 4.89. The van der Waals surface area contributed by atoms with E-state index in [2.05, 4.69) is 12.2 Å². The number of carbonyl (C=O) groups excluding carboxylic acids is 1. The fourth-order valence-electron chi connectivity index (χ4n) is 0.936. The minimum atomic E-state index is 0.0573. The van der Waals surface area contributed by atoms with Gasteiger partial charge in [-0.1, -0.05) is 6.92 Å². The number of urea groups is 1. The van der Waals surface area contributed by atoms with Crippen molar-refractivity contribution < 1.29 is 4.79 Å². The van der Waals surface area contributed by atoms with Crippen molar-refractivity contribution in [3.8, 4) is 0 Å². The number of nitrogens with one attached hydrogen (secondary N) is 1. The maximum Gasteiger partial charge on any atom is 0.317 e. The van der Waals surface area contributed by atoms with Gasteiger partial charge in [0.1, 0.15) is 0 Å². The summed E-state index contributed by atoms with van der Waals surface area (Å²) in [6, 6.07) is 0.498. The van der Waals surface area contributed by atoms with E-state index in [-0.39, 0.29) is 6.03 Å². The average Bonchev–Trinajstić information content (AvgIpc) is 2.65. The van der Waals surface area contributed by atoms with Crippen LogP contribution in [-0.2, 0) is 0 Å². The Balaban J connectivity index is 2.21. The zero-order chi connectivity index (χ0) is 8.43. The molecule has 0 saturated heterocycles. The molecule has 0 spiro atoms. The lowest BCUT2D eigenvalue weighted by Crippen LogP contribution is -2.38. The van der Waals surface area contributed by atoms with Crippen LogP contribution in [0.5, 0.6) is 0 Å². The van der Waals surface area contributed by atoms with Crippen molar-refractivity contribution in [3.05, 3.63) is 0 Å². The van der Waals surface area contributed by atoms with Gasteiger partial charge in [-0.3, -0.25) is 0 Å². The highest BCUT2D eigenvalue weighted by atomic mass is 16.2. The largest absolute Gasteiger partial charge is 0.335 e. The molecule has 0 radical (unpaired) electrons. The topological polar surface area (TPSA) is 32.3 Å². The van der Waals surface area contributed by atoms with Crippen LogP contribution < -0.4 is 5.32 Å². The second kappa shape index (κ2) is 3.11. The molecule has 3 nitrogen and oxygen atoms in total. The Morgan fingerprint density at radius 3 is 2.64 bits per heavy atom. The Hall–Kier alpha value is -0.730. The summed E-state index contributed by atoms with van der Waals surface area (Å²) in [6.07, 6.45) is 1.14. The third kappa shape index (κ3) is 2.10. The zero-order valence-corrected chi connectivity index (χ0v) is 7.42. The fourth-order valence-corrected chi connectivity index (χ4v) is 0.936. The molecule has 1 aliphatic carbocycles. The fraction of sp³-hybridized carbons (Fsp3) is 0.875. The average molecular weight is 156 g/mol. The second-order valence-corrected chi connectivity index (χ2v) is 3.28. The molecule has 1 aliphatic rings. The van der Waals surface area contributed by atoms with Gasteiger partial charge in [-0.25, -0.2) is 4.79 Å². The third-order valence-corrected chi connectivity index (χ3v) is 2.24. The summed E-state index contributed by atoms with van der Waals surface area (Å²) in [5.74, 6) is 0.684. The Morgan fingerprint density at radius 1 is 1.73 bits per heavy atom. The minimum absolute atomic E-state index is 0.0573. The van der Waals surface area contributed by atoms with Crippen molar-refractivity contribution in [2.24, 2.45) is 5.92 Å². The van der Waals surface area contributed by atoms with Crippen molar-refractivity contribution in [2.75, 3.05) is 13.6 Å². The Kier molecular flexibility index (Phi) is 2.37. The van der Waals surface area contributed by atoms with Crippen LogP contribution >= 0.6 is 0 Å². The number of rotatable bonds is 2. The molecular formula is C8H16N2O. The van der Waals surface area contributed by atoms with Crippen LogP contribution in [0.3, 0.4) is 0 Å². The highest BCUT2D eigenvalue weighted by Gasteiger charge is 2.34. The van der Waals surface area contributed by atoms with E-state index in [9.17, 15) is 4.79 Å². The van der Waals surface area contributed by atoms with Crippen LogP contribution in [0, 0.1) is 5.92 Å². The predicted octanol–water partition coefficient (Wildman–Crippen LogP) is 1.06. The minimum Gasteiger partial charge on any atom is -0.335 e. The van der Waals surface area contributed by atoms with E-state index in [1.165, 1.54) is 0 Å². The monoisotopic (exact) mass is 156 g/mol. The van der Waals surface area contributed by atoms with Crippen LogP contribution in [0.1, 0.15) is 20.3 Å². The van der Waals surface area contributed by atoms with Crippen molar-refractivity contribution in [1.29, 1.82) is 0 Å². The van der Waals surface area contributed by atoms with E-state index in [0.29, 0.717) is 12.0 Å². The zero-order valence-electron chi connectivity index (χ0n) is 7.42. The summed E-state index contributed by atoms with van der Waals surface area (Å²) < 4.78 is 0. The Morgan fingerprint density at radius 2 is 2.27 bits per heavy atom. The summed E-state index contributed by atoms with van der Waals surface area (Å²) in [7, 11) is 1.81. The SMILES string of the molecule is CCN(C)C(=O)NC1CC1C. The standard InChI is InChI=1S/C8H16N2O/c1-4-10(3)8(11)9-7-5-6(7)2/h6-7H,4-5H2,1-3H3,(H,9,11). The Bertz CT molecular complexity index is 158. The van der Waals surface area contributed by atoms with E-state index in [0.717, 1.165) is 13.0 Å². The number of hydrogen-bond donors (Lipinski definition) is 1. The highest BCUT2D eigenvalue weighted by molar-refractivity contribution is 5.74. The van der Waals surface area contributed by atoms with Crippen LogP contribution in [0.2, 0.25) is 0 Å². The van der Waals surface area contributed by atoms with Crippen molar-refractivity contribution in [3.63, 3.8) is 0 Å². The van der Waals surface area contributed by atoms with E-state index < -0.39 is 0 Å². The molecule has 3 heteroatoms. The second-order valence-electron chi connectivity index (χ2n) is 3.28. The van der Waals surface area contributed by atoms with E-state index in [1.807, 2.05) is 14.0 Å². The molecule has 0 heterocycles. The van der Waals surface area contributed by atoms with E-state index >= 15 is 0 Å². The van der Waals surface area contributed by atoms with Gasteiger partial charge in [-0.05, 0) is 19.3 Å². The molecule has 1 saturated carbocycles. The van der Waals surface area contributed by atoms with Crippen LogP contribution in [0.25, 0.3) is 0 Å². The highest BCUT2D eigenvalue weighted by Crippen LogP contribution is 2.28. The molecule has 2 unspecified atom stereocenters. The van der Waals surface area contributed by atoms with E-state index in [4.69, 9.17) is 0 Å². The lowest BCUT2D eigenvalue weighted by Gasteiger charge is -2.14. The predicted molar refractivity (Wildman–Crippen MR) is 44.4 cm³/mol. The summed E-state index contributed by atoms with van der Waals surface area (Å²) in [5, 5.41) is 2.94. The smallest absolute Gasteiger partial charge is 0.317 e. The van der Waals surface area contributed by atoms with Gasteiger partial charge in [0.2, 0.25) is 0 Å². The quantitative estimate of drug-likeness (QED) is 0.637. The van der Waals surface area contributed by atoms with Crippen molar-refractivity contribution in [1.82, 2.24) is 10.2 Å². The van der Waals surface area contributed by atoms with Gasteiger partial charge in [-0.2, -0.15) is 0 Å². The third-order valence-electron chi connectivity index (χ3n) is 2.24. The molecule has 1 N–H and O–H groups in total. The molecule has 0 aromatic rings. The van der Waals surface area contributed by atoms with Crippen molar-refractivity contribution >= 4 is 6.03 Å². The number of amides is 2. The molecule has 0 bridgehead atoms. The lowest BCUT2D eigenvalue weighted by molar-refractivity contribution is 0.210. The maximum absolute atomic E-state index is 11.2. The summed E-state index contributed by atoms with van der Waals surface area (Å²) in [4.78, 5) is 12.9. The number of nitrogens with zero attached hydrogens (tertiary/aromatic N) is 1. The molecule has 1 fully saturated rings. The molecule has 2 atom stereocenters. The van der Waals surface area contributed by atoms with Gasteiger partial charge >= 0.3 is 6.03 Å². The van der Waals surface area contributed by atoms with Gasteiger partial charge in [0.15, 0.2) is 0 Å². The maximum atomic E-state index is 11.2. The van der Waals surface area contributed by atoms with Crippen molar-refractivity contribution in [2.45, 2.75) is 26.3 Å². The molecule has 11 heavy (non-hydrogen) atoms. The molecule has 0 aromatic carbocycles. The van der Waals surface area contributed by atoms with Gasteiger partial charge in [0.25, 0.3) is 0 Å². The molecule has 2 amide bonds. The first-order chi connectivity index (χ1) is 5.15. The van der Waals surface area contributed by atoms with Gasteiger partial charge in [0.05, 0.1) is 0 Å². The van der Waals surface area contributed by atoms with E-state index in [1.54, 1.807) is 4.90 Å². The summed E-state index contributed by atoms with van der Waals surface area (Å²) in [5.41, 5.74) is 0. The van der Waals surface area contributed by atoms with Crippen LogP contribution in [0.4, 0.5) is 4.79 Å². The first-order valence-corrected chi connectivity index (χ1v) is 4.16. The van der Waals surface area contributed by atoms with Gasteiger partial charge in [0, 0.05) is 19.6 Å². The van der Waals surface area contributed by atoms with Crippen LogP contribution in [0.15, 0.2) is 0 Å². The first-order valence-electron chi connectivity index (χ1n) is 4.16. The first kappa shape index (κ1) is 8.37. The van der Waals surface area contributed by atoms with Crippen LogP contribution in [-0.4, -0.2) is 30.6 Å². The number of hydrogen-bond acceptors (Lipinski definition) is 1. The van der Waals surface area contributed by atoms with Gasteiger partial charge in [-0.15, -0.1) is 0 Å². The normalized spacial score (nSPS) is 27.9. The lowest BCUT2D eigenvalue weighted by atomic mass is 10.5. The molecule has 0 aliphatic heterocycles. The molecule has 64 valence electrons. The van der Waals surface area contributed by atoms with Gasteiger partial charge < -0.3 is 10.2 Å². The molecule has 0 aromatic heterocycles. The Labute approximate surface area is 67.8 Å². The molecule has 1 rings (SSSR count). The summed E-state index contributed by atoms with van der Waals surface area (Å²) >= 11 is 0.